The molecule has 3 N–H and O–H groups in total. The molecular formula is C15H15BrIN3O2. The lowest BCUT2D eigenvalue weighted by Gasteiger charge is -2.06. The van der Waals surface area contributed by atoms with Gasteiger partial charge in [-0.1, -0.05) is 18.2 Å². The molecule has 0 radical (unpaired) electrons. The fraction of sp³-hybridized carbons (Fsp3) is 0.133. The monoisotopic (exact) mass is 475 g/mol. The molecule has 0 spiro atoms. The molecule has 0 bridgehead atoms. The first-order valence-corrected chi connectivity index (χ1v) is 7.22. The van der Waals surface area contributed by atoms with Crippen LogP contribution in [0.5, 0.6) is 11.5 Å². The zero-order valence-electron chi connectivity index (χ0n) is 11.6. The zero-order valence-corrected chi connectivity index (χ0v) is 15.5. The summed E-state index contributed by atoms with van der Waals surface area (Å²) in [4.78, 5) is 4.32. The fourth-order valence-corrected chi connectivity index (χ4v) is 2.60. The second-order valence-corrected chi connectivity index (χ2v) is 5.36. The molecule has 0 saturated heterocycles. The Labute approximate surface area is 154 Å². The summed E-state index contributed by atoms with van der Waals surface area (Å²) in [6.07, 6.45) is 0. The van der Waals surface area contributed by atoms with E-state index < -0.39 is 0 Å². The maximum atomic E-state index is 5.88. The summed E-state index contributed by atoms with van der Waals surface area (Å²) in [5, 5.41) is 3.04. The van der Waals surface area contributed by atoms with Gasteiger partial charge in [0.2, 0.25) is 6.79 Å². The Morgan fingerprint density at radius 3 is 2.77 bits per heavy atom. The molecule has 7 heteroatoms. The molecule has 2 aromatic carbocycles. The van der Waals surface area contributed by atoms with E-state index >= 15 is 0 Å². The Morgan fingerprint density at radius 2 is 2.00 bits per heavy atom. The van der Waals surface area contributed by atoms with E-state index in [-0.39, 0.29) is 30.8 Å². The molecule has 1 aliphatic rings. The highest BCUT2D eigenvalue weighted by atomic mass is 127. The topological polar surface area (TPSA) is 68.9 Å². The van der Waals surface area contributed by atoms with E-state index in [2.05, 4.69) is 26.2 Å². The highest BCUT2D eigenvalue weighted by Gasteiger charge is 2.17. The highest BCUT2D eigenvalue weighted by molar-refractivity contribution is 14.0. The second-order valence-electron chi connectivity index (χ2n) is 4.50. The molecule has 0 unspecified atom stereocenters. The summed E-state index contributed by atoms with van der Waals surface area (Å²) in [5.41, 5.74) is 7.77. The van der Waals surface area contributed by atoms with Gasteiger partial charge < -0.3 is 20.5 Å². The van der Waals surface area contributed by atoms with Crippen molar-refractivity contribution in [3.8, 4) is 11.5 Å². The molecule has 0 atom stereocenters. The average molecular weight is 476 g/mol. The van der Waals surface area contributed by atoms with E-state index in [0.29, 0.717) is 12.5 Å². The van der Waals surface area contributed by atoms with Crippen LogP contribution in [0, 0.1) is 0 Å². The van der Waals surface area contributed by atoms with Crippen molar-refractivity contribution in [2.45, 2.75) is 6.54 Å². The van der Waals surface area contributed by atoms with Gasteiger partial charge in [-0.3, -0.25) is 0 Å². The molecule has 116 valence electrons. The Balaban J connectivity index is 0.00000176. The summed E-state index contributed by atoms with van der Waals surface area (Å²) in [6.45, 7) is 0.708. The number of ether oxygens (including phenoxy) is 2. The van der Waals surface area contributed by atoms with Gasteiger partial charge in [-0.15, -0.1) is 24.0 Å². The number of hydrogen-bond acceptors (Lipinski definition) is 3. The van der Waals surface area contributed by atoms with Gasteiger partial charge in [0.25, 0.3) is 0 Å². The van der Waals surface area contributed by atoms with Crippen LogP contribution in [-0.2, 0) is 6.54 Å². The standard InChI is InChI=1S/C15H14BrN3O2.HI/c16-12-6-10(7-13-14(12)21-9-20-13)8-18-15(17)19-11-4-2-1-3-5-11;/h1-7H,8-9H2,(H3,17,18,19);1H. The van der Waals surface area contributed by atoms with Crippen LogP contribution in [0.1, 0.15) is 5.56 Å². The quantitative estimate of drug-likeness (QED) is 0.403. The molecule has 2 aromatic rings. The predicted octanol–water partition coefficient (Wildman–Crippen LogP) is 3.72. The summed E-state index contributed by atoms with van der Waals surface area (Å²) in [5.74, 6) is 1.83. The van der Waals surface area contributed by atoms with Crippen molar-refractivity contribution in [1.29, 1.82) is 0 Å². The van der Waals surface area contributed by atoms with E-state index in [9.17, 15) is 0 Å². The van der Waals surface area contributed by atoms with Crippen molar-refractivity contribution in [3.63, 3.8) is 0 Å². The Morgan fingerprint density at radius 1 is 1.23 bits per heavy atom. The number of halogens is 2. The average Bonchev–Trinajstić information content (AvgIpc) is 2.95. The fourth-order valence-electron chi connectivity index (χ4n) is 2.00. The number of aliphatic imine (C=N–C) groups is 1. The SMILES string of the molecule is I.NC(=NCc1cc(Br)c2c(c1)OCO2)Nc1ccccc1. The van der Waals surface area contributed by atoms with Crippen LogP contribution in [0.15, 0.2) is 51.9 Å². The first kappa shape index (κ1) is 16.9. The number of benzene rings is 2. The lowest BCUT2D eigenvalue weighted by atomic mass is 10.2. The van der Waals surface area contributed by atoms with Crippen LogP contribution in [0.2, 0.25) is 0 Å². The smallest absolute Gasteiger partial charge is 0.231 e. The number of fused-ring (bicyclic) bond motifs is 1. The number of nitrogens with zero attached hydrogens (tertiary/aromatic N) is 1. The number of nitrogens with two attached hydrogens (primary N) is 1. The molecular weight excluding hydrogens is 461 g/mol. The summed E-state index contributed by atoms with van der Waals surface area (Å²) < 4.78 is 11.6. The van der Waals surface area contributed by atoms with E-state index in [0.717, 1.165) is 27.2 Å². The summed E-state index contributed by atoms with van der Waals surface area (Å²) in [6, 6.07) is 13.5. The van der Waals surface area contributed by atoms with E-state index in [1.807, 2.05) is 42.5 Å². The molecule has 0 amide bonds. The number of para-hydroxylation sites is 1. The Hall–Kier alpha value is -1.48. The third-order valence-electron chi connectivity index (χ3n) is 2.97. The van der Waals surface area contributed by atoms with Gasteiger partial charge in [0, 0.05) is 5.69 Å². The third kappa shape index (κ3) is 4.04. The van der Waals surface area contributed by atoms with Crippen molar-refractivity contribution < 1.29 is 9.47 Å². The number of rotatable bonds is 3. The lowest BCUT2D eigenvalue weighted by molar-refractivity contribution is 0.173. The molecule has 1 aliphatic heterocycles. The van der Waals surface area contributed by atoms with Gasteiger partial charge in [0.1, 0.15) is 0 Å². The summed E-state index contributed by atoms with van der Waals surface area (Å²) >= 11 is 3.46. The Kier molecular flexibility index (Phi) is 5.90. The minimum Gasteiger partial charge on any atom is -0.454 e. The van der Waals surface area contributed by atoms with E-state index in [1.54, 1.807) is 0 Å². The number of guanidine groups is 1. The van der Waals surface area contributed by atoms with Crippen molar-refractivity contribution in [1.82, 2.24) is 0 Å². The molecule has 3 rings (SSSR count). The van der Waals surface area contributed by atoms with Crippen LogP contribution in [0.25, 0.3) is 0 Å². The van der Waals surface area contributed by atoms with Gasteiger partial charge in [0.05, 0.1) is 11.0 Å². The van der Waals surface area contributed by atoms with E-state index in [1.165, 1.54) is 0 Å². The lowest BCUT2D eigenvalue weighted by Crippen LogP contribution is -2.22. The van der Waals surface area contributed by atoms with Gasteiger partial charge in [-0.05, 0) is 45.8 Å². The van der Waals surface area contributed by atoms with Crippen molar-refractivity contribution in [2.75, 3.05) is 12.1 Å². The maximum absolute atomic E-state index is 5.88. The summed E-state index contributed by atoms with van der Waals surface area (Å²) in [7, 11) is 0. The minimum atomic E-state index is 0. The van der Waals surface area contributed by atoms with Crippen molar-refractivity contribution in [2.24, 2.45) is 10.7 Å². The van der Waals surface area contributed by atoms with Gasteiger partial charge in [-0.2, -0.15) is 0 Å². The van der Waals surface area contributed by atoms with Crippen LogP contribution in [0.4, 0.5) is 5.69 Å². The van der Waals surface area contributed by atoms with Crippen LogP contribution in [-0.4, -0.2) is 12.8 Å². The largest absolute Gasteiger partial charge is 0.454 e. The van der Waals surface area contributed by atoms with Gasteiger partial charge in [-0.25, -0.2) is 4.99 Å². The zero-order chi connectivity index (χ0) is 14.7. The van der Waals surface area contributed by atoms with Gasteiger partial charge >= 0.3 is 0 Å². The third-order valence-corrected chi connectivity index (χ3v) is 3.55. The molecule has 0 aromatic heterocycles. The number of hydrogen-bond donors (Lipinski definition) is 2. The number of nitrogens with one attached hydrogen (secondary N) is 1. The van der Waals surface area contributed by atoms with Crippen molar-refractivity contribution in [3.05, 3.63) is 52.5 Å². The first-order valence-electron chi connectivity index (χ1n) is 6.42. The minimum absolute atomic E-state index is 0. The molecule has 0 fully saturated rings. The molecule has 1 heterocycles. The molecule has 22 heavy (non-hydrogen) atoms. The Bertz CT molecular complexity index is 680. The molecule has 0 aliphatic carbocycles. The predicted molar refractivity (Wildman–Crippen MR) is 101 cm³/mol. The van der Waals surface area contributed by atoms with Crippen LogP contribution >= 0.6 is 39.9 Å². The normalized spacial score (nSPS) is 12.7. The second kappa shape index (κ2) is 7.68. The van der Waals surface area contributed by atoms with Gasteiger partial charge in [0.15, 0.2) is 17.5 Å². The van der Waals surface area contributed by atoms with Crippen LogP contribution in [0.3, 0.4) is 0 Å². The molecule has 0 saturated carbocycles. The maximum Gasteiger partial charge on any atom is 0.231 e. The van der Waals surface area contributed by atoms with Crippen LogP contribution < -0.4 is 20.5 Å². The molecule has 5 nitrogen and oxygen atoms in total. The first-order chi connectivity index (χ1) is 10.2. The number of anilines is 1. The van der Waals surface area contributed by atoms with E-state index in [4.69, 9.17) is 15.2 Å². The highest BCUT2D eigenvalue weighted by Crippen LogP contribution is 2.40. The van der Waals surface area contributed by atoms with Crippen molar-refractivity contribution >= 4 is 51.6 Å².